The summed E-state index contributed by atoms with van der Waals surface area (Å²) < 4.78 is 19.4. The first-order chi connectivity index (χ1) is 26.0. The molecule has 0 aliphatic carbocycles. The van der Waals surface area contributed by atoms with E-state index in [9.17, 15) is 0 Å². The zero-order valence-corrected chi connectivity index (χ0v) is 35.8. The van der Waals surface area contributed by atoms with Crippen LogP contribution < -0.4 is 13.6 Å². The molecule has 0 aliphatic heterocycles. The van der Waals surface area contributed by atoms with Gasteiger partial charge in [-0.1, -0.05) is 192 Å². The fourth-order valence-electron chi connectivity index (χ4n) is 6.98. The highest BCUT2D eigenvalue weighted by atomic mass is 32.5. The normalized spacial score (nSPS) is 11.5. The van der Waals surface area contributed by atoms with Crippen LogP contribution in [0.4, 0.5) is 0 Å². The molecule has 0 N–H and O–H groups in total. The molecule has 0 radical (unpaired) electrons. The number of rotatable bonds is 33. The van der Waals surface area contributed by atoms with Crippen LogP contribution in [0.2, 0.25) is 0 Å². The van der Waals surface area contributed by atoms with Crippen molar-refractivity contribution in [2.75, 3.05) is 0 Å². The predicted octanol–water partition coefficient (Wildman–Crippen LogP) is 16.5. The quantitative estimate of drug-likeness (QED) is 0.0456. The maximum Gasteiger partial charge on any atom is 0.490 e. The minimum atomic E-state index is -3.22. The highest BCUT2D eigenvalue weighted by Gasteiger charge is 2.27. The van der Waals surface area contributed by atoms with E-state index in [2.05, 4.69) is 57.2 Å². The number of aryl methyl sites for hydroxylation is 3. The summed E-state index contributed by atoms with van der Waals surface area (Å²) in [5, 5.41) is 0. The van der Waals surface area contributed by atoms with Gasteiger partial charge in [0.2, 0.25) is 0 Å². The highest BCUT2D eigenvalue weighted by molar-refractivity contribution is 8.08. The second-order valence-electron chi connectivity index (χ2n) is 15.3. The minimum absolute atomic E-state index is 0.686. The average molecular weight is 763 g/mol. The van der Waals surface area contributed by atoms with Gasteiger partial charge in [-0.3, -0.25) is 0 Å². The molecule has 3 nitrogen and oxygen atoms in total. The molecule has 5 heteroatoms. The van der Waals surface area contributed by atoms with Crippen LogP contribution in [0, 0.1) is 0 Å². The average Bonchev–Trinajstić information content (AvgIpc) is 3.17. The van der Waals surface area contributed by atoms with Crippen LogP contribution >= 0.6 is 6.72 Å². The summed E-state index contributed by atoms with van der Waals surface area (Å²) in [6.07, 6.45) is 35.3. The molecule has 0 aliphatic rings. The molecule has 3 aromatic carbocycles. The Hall–Kier alpha value is -2.29. The molecule has 3 rings (SSSR count). The topological polar surface area (TPSA) is 27.7 Å². The number of hydrogen-bond acceptors (Lipinski definition) is 4. The second-order valence-corrected chi connectivity index (χ2v) is 18.1. The van der Waals surface area contributed by atoms with Crippen molar-refractivity contribution >= 4 is 18.5 Å². The number of hydrogen-bond donors (Lipinski definition) is 0. The van der Waals surface area contributed by atoms with E-state index in [-0.39, 0.29) is 0 Å². The van der Waals surface area contributed by atoms with Gasteiger partial charge in [0.05, 0.1) is 0 Å². The summed E-state index contributed by atoms with van der Waals surface area (Å²) in [6, 6.07) is 25.1. The molecule has 0 bridgehead atoms. The van der Waals surface area contributed by atoms with Crippen molar-refractivity contribution in [2.24, 2.45) is 0 Å². The van der Waals surface area contributed by atoms with Gasteiger partial charge in [-0.2, -0.15) is 0 Å². The lowest BCUT2D eigenvalue weighted by Gasteiger charge is -2.23. The van der Waals surface area contributed by atoms with Gasteiger partial charge >= 0.3 is 6.72 Å². The molecule has 0 amide bonds. The summed E-state index contributed by atoms with van der Waals surface area (Å²) in [7, 11) is 0. The molecule has 296 valence electrons. The SMILES string of the molecule is CCCCCCCCCCc1ccc(OP(=S)(Oc2ccc(CCCCCCCCCC)cc2)Oc2ccc(CCCCCCCCCC)cc2)cc1. The van der Waals surface area contributed by atoms with E-state index in [0.29, 0.717) is 17.2 Å². The van der Waals surface area contributed by atoms with Gasteiger partial charge in [-0.15, -0.1) is 0 Å². The van der Waals surface area contributed by atoms with Crippen LogP contribution in [0.1, 0.15) is 192 Å². The van der Waals surface area contributed by atoms with Crippen LogP contribution in [-0.2, 0) is 31.1 Å². The maximum atomic E-state index is 6.45. The molecule has 0 fully saturated rings. The first-order valence-corrected chi connectivity index (χ1v) is 24.5. The van der Waals surface area contributed by atoms with Crippen molar-refractivity contribution in [2.45, 2.75) is 194 Å². The maximum absolute atomic E-state index is 6.45. The van der Waals surface area contributed by atoms with Gasteiger partial charge in [0.25, 0.3) is 0 Å². The van der Waals surface area contributed by atoms with Crippen LogP contribution in [0.15, 0.2) is 72.8 Å². The van der Waals surface area contributed by atoms with Crippen LogP contribution in [0.5, 0.6) is 17.2 Å². The first kappa shape index (κ1) is 45.1. The molecule has 0 heterocycles. The van der Waals surface area contributed by atoms with E-state index in [1.54, 1.807) is 0 Å². The van der Waals surface area contributed by atoms with E-state index < -0.39 is 6.72 Å². The third-order valence-electron chi connectivity index (χ3n) is 10.4. The third-order valence-corrected chi connectivity index (χ3v) is 12.4. The highest BCUT2D eigenvalue weighted by Crippen LogP contribution is 2.50. The van der Waals surface area contributed by atoms with Gasteiger partial charge in [-0.25, -0.2) is 0 Å². The van der Waals surface area contributed by atoms with Crippen LogP contribution in [0.3, 0.4) is 0 Å². The molecular formula is C48H75O3PS. The molecule has 0 unspecified atom stereocenters. The van der Waals surface area contributed by atoms with E-state index >= 15 is 0 Å². The first-order valence-electron chi connectivity index (χ1n) is 22.0. The monoisotopic (exact) mass is 763 g/mol. The Balaban J connectivity index is 1.55. The van der Waals surface area contributed by atoms with E-state index in [4.69, 9.17) is 25.4 Å². The van der Waals surface area contributed by atoms with Gasteiger partial charge < -0.3 is 13.6 Å². The zero-order chi connectivity index (χ0) is 37.7. The fourth-order valence-corrected chi connectivity index (χ4v) is 9.01. The second kappa shape index (κ2) is 29.1. The van der Waals surface area contributed by atoms with Crippen molar-refractivity contribution < 1.29 is 13.6 Å². The molecule has 0 atom stereocenters. The molecule has 3 aromatic rings. The Kier molecular flexibility index (Phi) is 24.7. The van der Waals surface area contributed by atoms with Crippen molar-refractivity contribution in [3.63, 3.8) is 0 Å². The number of unbranched alkanes of at least 4 members (excludes halogenated alkanes) is 21. The lowest BCUT2D eigenvalue weighted by molar-refractivity contribution is 0.384. The summed E-state index contributed by atoms with van der Waals surface area (Å²) in [6.45, 7) is 3.61. The van der Waals surface area contributed by atoms with Gasteiger partial charge in [0.15, 0.2) is 0 Å². The Labute approximate surface area is 331 Å². The molecule has 0 aromatic heterocycles. The third kappa shape index (κ3) is 21.4. The molecule has 53 heavy (non-hydrogen) atoms. The smallest absolute Gasteiger partial charge is 0.407 e. The van der Waals surface area contributed by atoms with Crippen molar-refractivity contribution in [3.8, 4) is 17.2 Å². The lowest BCUT2D eigenvalue weighted by atomic mass is 10.0. The zero-order valence-electron chi connectivity index (χ0n) is 34.1. The van der Waals surface area contributed by atoms with Crippen molar-refractivity contribution in [1.29, 1.82) is 0 Å². The number of benzene rings is 3. The van der Waals surface area contributed by atoms with Crippen LogP contribution in [-0.4, -0.2) is 0 Å². The summed E-state index contributed by atoms with van der Waals surface area (Å²) in [5.41, 5.74) is 3.99. The standard InChI is InChI=1S/C48H75O3PS/c1-4-7-10-13-16-19-22-25-28-43-31-37-46(38-32-43)49-52(53,50-47-39-33-44(34-40-47)29-26-23-20-17-14-11-8-5-2)51-48-41-35-45(36-42-48)30-27-24-21-18-15-12-9-6-3/h31-42H,4-30H2,1-3H3. The molecule has 0 saturated heterocycles. The van der Waals surface area contributed by atoms with E-state index in [1.807, 2.05) is 36.4 Å². The molecule has 0 saturated carbocycles. The molecular weight excluding hydrogens is 688 g/mol. The largest absolute Gasteiger partial charge is 0.490 e. The Morgan fingerprint density at radius 1 is 0.321 bits per heavy atom. The van der Waals surface area contributed by atoms with Gasteiger partial charge in [0, 0.05) is 11.8 Å². The van der Waals surface area contributed by atoms with Gasteiger partial charge in [0.1, 0.15) is 17.2 Å². The van der Waals surface area contributed by atoms with Crippen LogP contribution in [0.25, 0.3) is 0 Å². The Bertz CT molecular complexity index is 1170. The van der Waals surface area contributed by atoms with Crippen molar-refractivity contribution in [1.82, 2.24) is 0 Å². The minimum Gasteiger partial charge on any atom is -0.407 e. The fraction of sp³-hybridized carbons (Fsp3) is 0.625. The lowest BCUT2D eigenvalue weighted by Crippen LogP contribution is -2.07. The summed E-state index contributed by atoms with van der Waals surface area (Å²) in [4.78, 5) is 0. The summed E-state index contributed by atoms with van der Waals surface area (Å²) in [5.74, 6) is 2.06. The Morgan fingerprint density at radius 2 is 0.528 bits per heavy atom. The molecule has 0 spiro atoms. The van der Waals surface area contributed by atoms with Gasteiger partial charge in [-0.05, 0) is 91.6 Å². The summed E-state index contributed by atoms with van der Waals surface area (Å²) >= 11 is 6.10. The van der Waals surface area contributed by atoms with Crippen molar-refractivity contribution in [3.05, 3.63) is 89.5 Å². The Morgan fingerprint density at radius 3 is 0.755 bits per heavy atom. The van der Waals surface area contributed by atoms with E-state index in [0.717, 1.165) is 19.3 Å². The van der Waals surface area contributed by atoms with E-state index in [1.165, 1.54) is 171 Å². The predicted molar refractivity (Wildman–Crippen MR) is 234 cm³/mol.